The van der Waals surface area contributed by atoms with Crippen molar-refractivity contribution in [1.29, 1.82) is 0 Å². The van der Waals surface area contributed by atoms with Gasteiger partial charge in [-0.1, -0.05) is 0 Å². The van der Waals surface area contributed by atoms with Gasteiger partial charge in [0.2, 0.25) is 0 Å². The Morgan fingerprint density at radius 1 is 1.29 bits per heavy atom. The summed E-state index contributed by atoms with van der Waals surface area (Å²) in [5, 5.41) is 6.25. The van der Waals surface area contributed by atoms with Crippen LogP contribution >= 0.6 is 15.9 Å². The van der Waals surface area contributed by atoms with Gasteiger partial charge >= 0.3 is 0 Å². The number of nitrogens with zero attached hydrogens (tertiary/aromatic N) is 2. The van der Waals surface area contributed by atoms with Gasteiger partial charge in [-0.05, 0) is 53.7 Å². The highest BCUT2D eigenvalue weighted by molar-refractivity contribution is 9.12. The van der Waals surface area contributed by atoms with Gasteiger partial charge in [-0.2, -0.15) is 0 Å². The van der Waals surface area contributed by atoms with E-state index in [0.29, 0.717) is 25.7 Å². The van der Waals surface area contributed by atoms with E-state index in [0.717, 1.165) is 29.2 Å². The first kappa shape index (κ1) is 32.0. The van der Waals surface area contributed by atoms with Crippen LogP contribution < -0.4 is 16.4 Å². The number of likely N-dealkylation sites (N-methyl/N-ethyl adjacent to an activating group) is 1. The second-order valence-electron chi connectivity index (χ2n) is 7.15. The Morgan fingerprint density at radius 2 is 1.94 bits per heavy atom. The van der Waals surface area contributed by atoms with Crippen molar-refractivity contribution in [3.8, 4) is 0 Å². The van der Waals surface area contributed by atoms with Crippen molar-refractivity contribution < 1.29 is 23.1 Å². The molecular weight excluding hydrogens is 524 g/mol. The summed E-state index contributed by atoms with van der Waals surface area (Å²) in [6.45, 7) is 4.97. The highest BCUT2D eigenvalue weighted by Crippen LogP contribution is 2.19. The van der Waals surface area contributed by atoms with Crippen LogP contribution in [-0.2, 0) is 20.9 Å². The molecule has 8 nitrogen and oxygen atoms in total. The summed E-state index contributed by atoms with van der Waals surface area (Å²) in [5.41, 5.74) is 6.74. The normalized spacial score (nSPS) is 12.7. The standard InChI is InChI=1S/C22H29BrF2N4O2.C2H5NO/c1-15(29(5)12-17(10-26-3)11-28-16(2)27-4)8-22(20(23)13-30)31-14-18-6-7-19(24)9-21(18)25;3-1-2-4/h6-10,13,26H,11-12,14H2,1-5H3,(H,27,28);2H,1,3H2/b15-8-,17-10-,22-20-;. The minimum Gasteiger partial charge on any atom is -0.487 e. The van der Waals surface area contributed by atoms with E-state index in [-0.39, 0.29) is 29.0 Å². The molecular formula is C24H34BrF2N5O3. The molecule has 0 bridgehead atoms. The fourth-order valence-corrected chi connectivity index (χ4v) is 2.67. The van der Waals surface area contributed by atoms with Gasteiger partial charge < -0.3 is 30.8 Å². The third-order valence-corrected chi connectivity index (χ3v) is 5.05. The average molecular weight is 558 g/mol. The number of aldehydes is 2. The van der Waals surface area contributed by atoms with Crippen molar-refractivity contribution in [3.05, 3.63) is 69.2 Å². The molecule has 0 heterocycles. The molecule has 194 valence electrons. The molecule has 35 heavy (non-hydrogen) atoms. The SMILES string of the molecule is CN=C(C)NC/C(=C/NC)CN(C)/C(C)=C\C(OCc1ccc(F)cc1F)=C(\Br)C=O.NCC=O. The third kappa shape index (κ3) is 13.4. The van der Waals surface area contributed by atoms with Crippen molar-refractivity contribution in [2.75, 3.05) is 40.8 Å². The van der Waals surface area contributed by atoms with Crippen LogP contribution in [0.4, 0.5) is 8.78 Å². The number of aliphatic imine (C=N–C) groups is 1. The number of nitrogens with one attached hydrogen (secondary N) is 2. The molecule has 11 heteroatoms. The summed E-state index contributed by atoms with van der Waals surface area (Å²) in [6.07, 6.45) is 4.85. The van der Waals surface area contributed by atoms with E-state index in [1.54, 1.807) is 13.1 Å². The fourth-order valence-electron chi connectivity index (χ4n) is 2.44. The van der Waals surface area contributed by atoms with E-state index < -0.39 is 11.6 Å². The zero-order chi connectivity index (χ0) is 26.8. The van der Waals surface area contributed by atoms with Crippen molar-refractivity contribution in [2.24, 2.45) is 10.7 Å². The predicted molar refractivity (Wildman–Crippen MR) is 139 cm³/mol. The average Bonchev–Trinajstić information content (AvgIpc) is 2.85. The molecule has 0 saturated carbocycles. The molecule has 4 N–H and O–H groups in total. The van der Waals surface area contributed by atoms with Gasteiger partial charge in [0.15, 0.2) is 6.29 Å². The summed E-state index contributed by atoms with van der Waals surface area (Å²) in [7, 11) is 5.45. The van der Waals surface area contributed by atoms with Crippen molar-refractivity contribution >= 4 is 34.3 Å². The number of carbonyl (C=O) groups is 2. The van der Waals surface area contributed by atoms with E-state index in [1.807, 2.05) is 39.0 Å². The van der Waals surface area contributed by atoms with Gasteiger partial charge in [0.25, 0.3) is 0 Å². The Bertz CT molecular complexity index is 949. The summed E-state index contributed by atoms with van der Waals surface area (Å²) in [6, 6.07) is 3.26. The van der Waals surface area contributed by atoms with E-state index >= 15 is 0 Å². The number of ether oxygens (including phenoxy) is 1. The lowest BCUT2D eigenvalue weighted by Crippen LogP contribution is -2.29. The Kier molecular flexibility index (Phi) is 16.7. The van der Waals surface area contributed by atoms with Crippen molar-refractivity contribution in [2.45, 2.75) is 20.5 Å². The summed E-state index contributed by atoms with van der Waals surface area (Å²) >= 11 is 3.17. The van der Waals surface area contributed by atoms with E-state index in [2.05, 4.69) is 37.3 Å². The molecule has 0 fully saturated rings. The highest BCUT2D eigenvalue weighted by atomic mass is 79.9. The molecule has 0 aliphatic heterocycles. The van der Waals surface area contributed by atoms with E-state index in [9.17, 15) is 13.6 Å². The van der Waals surface area contributed by atoms with Gasteiger partial charge in [0.1, 0.15) is 30.3 Å². The topological polar surface area (TPSA) is 109 Å². The smallest absolute Gasteiger partial charge is 0.160 e. The number of nitrogens with two attached hydrogens (primary N) is 1. The minimum atomic E-state index is -0.709. The first-order chi connectivity index (χ1) is 16.6. The Hall–Kier alpha value is -3.05. The van der Waals surface area contributed by atoms with Crippen LogP contribution in [0.3, 0.4) is 0 Å². The monoisotopic (exact) mass is 557 g/mol. The zero-order valence-electron chi connectivity index (χ0n) is 20.7. The summed E-state index contributed by atoms with van der Waals surface area (Å²) in [5.74, 6) is -0.295. The molecule has 0 aliphatic rings. The van der Waals surface area contributed by atoms with Gasteiger partial charge in [0.05, 0.1) is 10.3 Å². The fraction of sp³-hybridized carbons (Fsp3) is 0.375. The molecule has 0 unspecified atom stereocenters. The Labute approximate surface area is 214 Å². The van der Waals surface area contributed by atoms with Crippen LogP contribution in [-0.4, -0.2) is 64.1 Å². The predicted octanol–water partition coefficient (Wildman–Crippen LogP) is 3.01. The largest absolute Gasteiger partial charge is 0.487 e. The Morgan fingerprint density at radius 3 is 2.46 bits per heavy atom. The lowest BCUT2D eigenvalue weighted by atomic mass is 10.2. The maximum absolute atomic E-state index is 13.9. The van der Waals surface area contributed by atoms with Crippen LogP contribution in [0.15, 0.2) is 57.0 Å². The maximum Gasteiger partial charge on any atom is 0.160 e. The quantitative estimate of drug-likeness (QED) is 0.0904. The van der Waals surface area contributed by atoms with Crippen molar-refractivity contribution in [3.63, 3.8) is 0 Å². The first-order valence-electron chi connectivity index (χ1n) is 10.6. The lowest BCUT2D eigenvalue weighted by Gasteiger charge is -2.23. The number of hydrogen-bond donors (Lipinski definition) is 3. The summed E-state index contributed by atoms with van der Waals surface area (Å²) < 4.78 is 32.8. The van der Waals surface area contributed by atoms with Crippen LogP contribution in [0.25, 0.3) is 0 Å². The molecule has 0 saturated heterocycles. The first-order valence-corrected chi connectivity index (χ1v) is 11.4. The molecule has 0 aliphatic carbocycles. The van der Waals surface area contributed by atoms with Crippen LogP contribution in [0.2, 0.25) is 0 Å². The third-order valence-electron chi connectivity index (χ3n) is 4.47. The van der Waals surface area contributed by atoms with Gasteiger partial charge in [-0.25, -0.2) is 8.78 Å². The van der Waals surface area contributed by atoms with Gasteiger partial charge in [-0.15, -0.1) is 0 Å². The van der Waals surface area contributed by atoms with E-state index in [4.69, 9.17) is 9.53 Å². The molecule has 0 aromatic heterocycles. The van der Waals surface area contributed by atoms with Gasteiger partial charge in [-0.3, -0.25) is 9.79 Å². The molecule has 1 aromatic carbocycles. The molecule has 1 aromatic rings. The van der Waals surface area contributed by atoms with Crippen LogP contribution in [0.5, 0.6) is 0 Å². The highest BCUT2D eigenvalue weighted by Gasteiger charge is 2.10. The lowest BCUT2D eigenvalue weighted by molar-refractivity contribution is -0.106. The molecule has 1 rings (SSSR count). The number of rotatable bonds is 12. The Balaban J connectivity index is 0.00000267. The summed E-state index contributed by atoms with van der Waals surface area (Å²) in [4.78, 5) is 26.4. The molecule has 0 spiro atoms. The maximum atomic E-state index is 13.9. The number of benzene rings is 1. The number of halogens is 3. The molecule has 0 atom stereocenters. The second kappa shape index (κ2) is 18.3. The molecule has 0 radical (unpaired) electrons. The number of amidine groups is 1. The van der Waals surface area contributed by atoms with E-state index in [1.165, 1.54) is 6.07 Å². The van der Waals surface area contributed by atoms with Crippen LogP contribution in [0.1, 0.15) is 19.4 Å². The number of allylic oxidation sites excluding steroid dienone is 3. The molecule has 0 amide bonds. The number of hydrogen-bond acceptors (Lipinski definition) is 7. The second-order valence-corrected chi connectivity index (χ2v) is 8.01. The van der Waals surface area contributed by atoms with Crippen molar-refractivity contribution in [1.82, 2.24) is 15.5 Å². The number of carbonyl (C=O) groups excluding carboxylic acids is 2. The minimum absolute atomic E-state index is 0.139. The van der Waals surface area contributed by atoms with Gasteiger partial charge in [0, 0.05) is 64.2 Å². The zero-order valence-corrected chi connectivity index (χ0v) is 22.3. The van der Waals surface area contributed by atoms with Crippen LogP contribution in [0, 0.1) is 11.6 Å².